The van der Waals surface area contributed by atoms with Crippen molar-refractivity contribution in [2.45, 2.75) is 17.8 Å². The van der Waals surface area contributed by atoms with E-state index in [1.54, 1.807) is 0 Å². The third-order valence-corrected chi connectivity index (χ3v) is 12.9. The summed E-state index contributed by atoms with van der Waals surface area (Å²) >= 11 is 0. The van der Waals surface area contributed by atoms with Crippen LogP contribution in [0, 0.1) is 6.92 Å². The van der Waals surface area contributed by atoms with E-state index >= 15 is 0 Å². The van der Waals surface area contributed by atoms with Crippen LogP contribution in [0.5, 0.6) is 0 Å². The van der Waals surface area contributed by atoms with Gasteiger partial charge in [-0.3, -0.25) is 0 Å². The minimum absolute atomic E-state index is 0.555. The van der Waals surface area contributed by atoms with Gasteiger partial charge in [-0.1, -0.05) is 243 Å². The fourth-order valence-electron chi connectivity index (χ4n) is 10.0. The Labute approximate surface area is 372 Å². The predicted molar refractivity (Wildman–Crippen MR) is 264 cm³/mol. The lowest BCUT2D eigenvalue weighted by Crippen LogP contribution is -2.31. The van der Waals surface area contributed by atoms with E-state index in [-0.39, 0.29) is 0 Å². The predicted octanol–water partition coefficient (Wildman–Crippen LogP) is 15.8. The largest absolute Gasteiger partial charge is 0.0701 e. The summed E-state index contributed by atoms with van der Waals surface area (Å²) in [5.41, 5.74) is 17.0. The van der Waals surface area contributed by atoms with Crippen LogP contribution in [0.2, 0.25) is 0 Å². The van der Waals surface area contributed by atoms with E-state index in [1.165, 1.54) is 83.5 Å². The summed E-state index contributed by atoms with van der Waals surface area (Å²) in [5.74, 6) is 0. The zero-order chi connectivity index (χ0) is 42.5. The first kappa shape index (κ1) is 39.3. The van der Waals surface area contributed by atoms with Gasteiger partial charge in [-0.2, -0.15) is 0 Å². The van der Waals surface area contributed by atoms with Crippen molar-refractivity contribution in [2.75, 3.05) is 0 Å². The quantitative estimate of drug-likeness (QED) is 0.114. The summed E-state index contributed by atoms with van der Waals surface area (Å²) < 4.78 is 0. The lowest BCUT2D eigenvalue weighted by atomic mass is 9.65. The summed E-state index contributed by atoms with van der Waals surface area (Å²) in [6, 6.07) is 100. The van der Waals surface area contributed by atoms with Gasteiger partial charge in [-0.05, 0) is 121 Å². The van der Waals surface area contributed by atoms with Crippen LogP contribution >= 0.6 is 0 Å². The monoisotopic (exact) mass is 804 g/mol. The third kappa shape index (κ3) is 7.20. The summed E-state index contributed by atoms with van der Waals surface area (Å²) in [5, 5.41) is 0. The molecule has 0 amide bonds. The average molecular weight is 805 g/mol. The van der Waals surface area contributed by atoms with E-state index in [4.69, 9.17) is 0 Å². The minimum atomic E-state index is -0.555. The van der Waals surface area contributed by atoms with Crippen LogP contribution in [0.3, 0.4) is 0 Å². The highest BCUT2D eigenvalue weighted by molar-refractivity contribution is 5.83. The molecule has 0 fully saturated rings. The number of benzene rings is 10. The maximum Gasteiger partial charge on any atom is 0.0701 e. The highest BCUT2D eigenvalue weighted by atomic mass is 14.4. The Morgan fingerprint density at radius 3 is 0.794 bits per heavy atom. The van der Waals surface area contributed by atoms with Gasteiger partial charge in [0, 0.05) is 0 Å². The molecule has 0 aliphatic rings. The maximum atomic E-state index is 2.43. The topological polar surface area (TPSA) is 0 Å². The summed E-state index contributed by atoms with van der Waals surface area (Å²) in [6.07, 6.45) is 0. The SMILES string of the molecule is Cc1ccccc1-c1cc(-c2cccc(C(c3ccccc3)(c3ccccc3)c3ccccc3)c2)cc(-c2cccc(C(c3ccccc3)(c3ccccc3)c3ccccc3)c2)c1. The molecule has 0 aliphatic heterocycles. The smallest absolute Gasteiger partial charge is 0.0622 e. The van der Waals surface area contributed by atoms with Crippen molar-refractivity contribution < 1.29 is 0 Å². The molecule has 0 heterocycles. The molecule has 0 aromatic heterocycles. The number of aryl methyl sites for hydroxylation is 1. The van der Waals surface area contributed by atoms with Gasteiger partial charge in [0.1, 0.15) is 0 Å². The molecule has 0 atom stereocenters. The number of hydrogen-bond donors (Lipinski definition) is 0. The van der Waals surface area contributed by atoms with Gasteiger partial charge in [0.25, 0.3) is 0 Å². The Kier molecular flexibility index (Phi) is 10.8. The molecule has 10 aromatic carbocycles. The molecule has 0 aliphatic carbocycles. The number of hydrogen-bond acceptors (Lipinski definition) is 0. The first-order valence-corrected chi connectivity index (χ1v) is 21.9. The van der Waals surface area contributed by atoms with Gasteiger partial charge in [0.2, 0.25) is 0 Å². The third-order valence-electron chi connectivity index (χ3n) is 12.9. The number of rotatable bonds is 11. The Morgan fingerprint density at radius 2 is 0.476 bits per heavy atom. The molecule has 0 N–H and O–H groups in total. The van der Waals surface area contributed by atoms with Crippen molar-refractivity contribution >= 4 is 0 Å². The lowest BCUT2D eigenvalue weighted by molar-refractivity contribution is 0.745. The molecule has 0 nitrogen and oxygen atoms in total. The van der Waals surface area contributed by atoms with E-state index in [0.717, 1.165) is 0 Å². The Balaban J connectivity index is 1.21. The summed E-state index contributed by atoms with van der Waals surface area (Å²) in [6.45, 7) is 2.21. The second-order valence-electron chi connectivity index (χ2n) is 16.5. The molecule has 0 bridgehead atoms. The molecule has 0 saturated heterocycles. The van der Waals surface area contributed by atoms with Gasteiger partial charge < -0.3 is 0 Å². The second kappa shape index (κ2) is 17.3. The summed E-state index contributed by atoms with van der Waals surface area (Å²) in [7, 11) is 0. The van der Waals surface area contributed by atoms with E-state index in [2.05, 4.69) is 280 Å². The zero-order valence-electron chi connectivity index (χ0n) is 35.5. The van der Waals surface area contributed by atoms with Crippen molar-refractivity contribution in [1.82, 2.24) is 0 Å². The zero-order valence-corrected chi connectivity index (χ0v) is 35.5. The van der Waals surface area contributed by atoms with Crippen LogP contribution in [0.1, 0.15) is 50.1 Å². The maximum absolute atomic E-state index is 2.43. The van der Waals surface area contributed by atoms with Crippen LogP contribution in [-0.4, -0.2) is 0 Å². The van der Waals surface area contributed by atoms with E-state index in [9.17, 15) is 0 Å². The molecule has 0 unspecified atom stereocenters. The summed E-state index contributed by atoms with van der Waals surface area (Å²) in [4.78, 5) is 0. The molecular weight excluding hydrogens is 757 g/mol. The van der Waals surface area contributed by atoms with Crippen LogP contribution in [0.15, 0.2) is 273 Å². The van der Waals surface area contributed by atoms with Gasteiger partial charge in [-0.25, -0.2) is 0 Å². The fraction of sp³-hybridized carbons (Fsp3) is 0.0476. The lowest BCUT2D eigenvalue weighted by Gasteiger charge is -2.37. The van der Waals surface area contributed by atoms with Gasteiger partial charge in [0.15, 0.2) is 0 Å². The first-order chi connectivity index (χ1) is 31.2. The van der Waals surface area contributed by atoms with Gasteiger partial charge in [-0.15, -0.1) is 0 Å². The van der Waals surface area contributed by atoms with Gasteiger partial charge in [0.05, 0.1) is 10.8 Å². The molecule has 0 heteroatoms. The van der Waals surface area contributed by atoms with Crippen LogP contribution in [0.4, 0.5) is 0 Å². The van der Waals surface area contributed by atoms with Crippen LogP contribution < -0.4 is 0 Å². The molecular formula is C63H48. The van der Waals surface area contributed by atoms with E-state index in [0.29, 0.717) is 0 Å². The van der Waals surface area contributed by atoms with Crippen molar-refractivity contribution in [1.29, 1.82) is 0 Å². The van der Waals surface area contributed by atoms with Gasteiger partial charge >= 0.3 is 0 Å². The molecule has 0 radical (unpaired) electrons. The molecule has 0 spiro atoms. The highest BCUT2D eigenvalue weighted by Gasteiger charge is 2.40. The van der Waals surface area contributed by atoms with Crippen LogP contribution in [0.25, 0.3) is 33.4 Å². The molecule has 0 saturated carbocycles. The fourth-order valence-corrected chi connectivity index (χ4v) is 10.0. The standard InChI is InChI=1S/C63H48/c1-47-24-20-21-41-61(47)52-43-50(48-25-22-39-59(45-48)62(53-27-8-2-9-28-53,54-29-10-3-11-30-54)55-31-12-4-13-32-55)42-51(44-52)49-26-23-40-60(46-49)63(56-33-14-5-15-34-56,57-35-16-6-17-36-57)58-37-18-7-19-38-58/h2-46H,1H3. The van der Waals surface area contributed by atoms with Crippen LogP contribution in [-0.2, 0) is 10.8 Å². The van der Waals surface area contributed by atoms with E-state index < -0.39 is 10.8 Å². The Morgan fingerprint density at radius 1 is 0.206 bits per heavy atom. The highest BCUT2D eigenvalue weighted by Crippen LogP contribution is 2.48. The van der Waals surface area contributed by atoms with Crippen molar-refractivity contribution in [3.63, 3.8) is 0 Å². The molecule has 300 valence electrons. The van der Waals surface area contributed by atoms with Crippen molar-refractivity contribution in [2.24, 2.45) is 0 Å². The molecule has 63 heavy (non-hydrogen) atoms. The molecule has 10 rings (SSSR count). The van der Waals surface area contributed by atoms with Crippen molar-refractivity contribution in [3.05, 3.63) is 323 Å². The average Bonchev–Trinajstić information content (AvgIpc) is 3.37. The Bertz CT molecular complexity index is 2700. The Hall–Kier alpha value is -7.80. The second-order valence-corrected chi connectivity index (χ2v) is 16.5. The molecule has 10 aromatic rings. The van der Waals surface area contributed by atoms with Crippen molar-refractivity contribution in [3.8, 4) is 33.4 Å². The van der Waals surface area contributed by atoms with E-state index in [1.807, 2.05) is 0 Å². The minimum Gasteiger partial charge on any atom is -0.0622 e. The first-order valence-electron chi connectivity index (χ1n) is 21.9. The normalized spacial score (nSPS) is 11.6.